The third-order valence-electron chi connectivity index (χ3n) is 4.89. The Balaban J connectivity index is 1.76. The Morgan fingerprint density at radius 1 is 1.00 bits per heavy atom. The summed E-state index contributed by atoms with van der Waals surface area (Å²) in [6.45, 7) is 1.53. The largest absolute Gasteiger partial charge is 0.573 e. The van der Waals surface area contributed by atoms with E-state index in [4.69, 9.17) is 4.42 Å². The Morgan fingerprint density at radius 2 is 1.67 bits per heavy atom. The molecule has 13 heteroatoms. The topological polar surface area (TPSA) is 123 Å². The molecule has 1 N–H and O–H groups in total. The summed E-state index contributed by atoms with van der Waals surface area (Å²) in [4.78, 5) is 11.2. The number of carbonyl (C=O) groups is 1. The molecule has 3 aromatic carbocycles. The van der Waals surface area contributed by atoms with Gasteiger partial charge in [-0.25, -0.2) is 13.2 Å². The van der Waals surface area contributed by atoms with Gasteiger partial charge in [0.05, 0.1) is 16.1 Å². The fourth-order valence-corrected chi connectivity index (χ4v) is 4.62. The SMILES string of the molecule is Cc1ccc(S(=O)(=O)N(c2ccccc2)c2nnc(-c3ccc(OC(F)(F)F)cc3)o2)cc1C(=O)O. The van der Waals surface area contributed by atoms with Crippen molar-refractivity contribution in [2.24, 2.45) is 0 Å². The van der Waals surface area contributed by atoms with Crippen LogP contribution in [0.15, 0.2) is 82.1 Å². The maximum absolute atomic E-state index is 13.6. The fraction of sp³-hybridized carbons (Fsp3) is 0.0870. The van der Waals surface area contributed by atoms with Gasteiger partial charge in [-0.15, -0.1) is 18.3 Å². The molecule has 1 aromatic heterocycles. The van der Waals surface area contributed by atoms with Crippen LogP contribution in [0.25, 0.3) is 11.5 Å². The van der Waals surface area contributed by atoms with Gasteiger partial charge in [0.1, 0.15) is 5.75 Å². The van der Waals surface area contributed by atoms with Gasteiger partial charge in [0, 0.05) is 5.56 Å². The first-order valence-corrected chi connectivity index (χ1v) is 11.5. The van der Waals surface area contributed by atoms with Crippen LogP contribution in [0, 0.1) is 6.92 Å². The zero-order chi connectivity index (χ0) is 26.1. The number of carboxylic acid groups (broad SMARTS) is 1. The summed E-state index contributed by atoms with van der Waals surface area (Å²) in [5.41, 5.74) is 0.499. The molecule has 0 atom stereocenters. The average molecular weight is 519 g/mol. The van der Waals surface area contributed by atoms with E-state index in [9.17, 15) is 31.5 Å². The van der Waals surface area contributed by atoms with Crippen LogP contribution in [0.5, 0.6) is 5.75 Å². The summed E-state index contributed by atoms with van der Waals surface area (Å²) in [5.74, 6) is -1.93. The number of carboxylic acids is 1. The van der Waals surface area contributed by atoms with Crippen LogP contribution >= 0.6 is 0 Å². The monoisotopic (exact) mass is 519 g/mol. The predicted molar refractivity (Wildman–Crippen MR) is 120 cm³/mol. The molecule has 4 rings (SSSR count). The summed E-state index contributed by atoms with van der Waals surface area (Å²) in [6.07, 6.45) is -4.86. The Labute approximate surface area is 202 Å². The molecule has 186 valence electrons. The zero-order valence-corrected chi connectivity index (χ0v) is 19.1. The van der Waals surface area contributed by atoms with Gasteiger partial charge in [0.2, 0.25) is 5.89 Å². The predicted octanol–water partition coefficient (Wildman–Crippen LogP) is 5.17. The maximum atomic E-state index is 13.6. The second-order valence-corrected chi connectivity index (χ2v) is 9.14. The van der Waals surface area contributed by atoms with Gasteiger partial charge in [-0.3, -0.25) is 0 Å². The highest BCUT2D eigenvalue weighted by Gasteiger charge is 2.33. The number of rotatable bonds is 7. The number of halogens is 3. The van der Waals surface area contributed by atoms with Gasteiger partial charge in [0.25, 0.3) is 10.0 Å². The first-order chi connectivity index (χ1) is 17.0. The van der Waals surface area contributed by atoms with Crippen LogP contribution < -0.4 is 9.04 Å². The summed E-state index contributed by atoms with van der Waals surface area (Å²) >= 11 is 0. The maximum Gasteiger partial charge on any atom is 0.573 e. The molecule has 0 radical (unpaired) electrons. The minimum atomic E-state index is -4.86. The lowest BCUT2D eigenvalue weighted by molar-refractivity contribution is -0.274. The molecule has 0 fully saturated rings. The van der Waals surface area contributed by atoms with E-state index in [0.29, 0.717) is 5.56 Å². The Hall–Kier alpha value is -4.39. The summed E-state index contributed by atoms with van der Waals surface area (Å²) < 4.78 is 74.6. The number of hydrogen-bond donors (Lipinski definition) is 1. The standard InChI is InChI=1S/C23H16F3N3O6S/c1-14-7-12-18(13-19(14)21(30)31)36(32,33)29(16-5-3-2-4-6-16)22-28-27-20(34-22)15-8-10-17(11-9-15)35-23(24,25)26/h2-13H,1H3,(H,30,31). The van der Waals surface area contributed by atoms with E-state index < -0.39 is 34.1 Å². The summed E-state index contributed by atoms with van der Waals surface area (Å²) in [7, 11) is -4.45. The second kappa shape index (κ2) is 9.34. The average Bonchev–Trinajstić information content (AvgIpc) is 3.28. The second-order valence-electron chi connectivity index (χ2n) is 7.35. The van der Waals surface area contributed by atoms with E-state index in [0.717, 1.165) is 22.5 Å². The van der Waals surface area contributed by atoms with E-state index >= 15 is 0 Å². The molecule has 36 heavy (non-hydrogen) atoms. The number of ether oxygens (including phenoxy) is 1. The molecule has 1 heterocycles. The Morgan fingerprint density at radius 3 is 2.28 bits per heavy atom. The van der Waals surface area contributed by atoms with Crippen molar-refractivity contribution in [2.45, 2.75) is 18.2 Å². The van der Waals surface area contributed by atoms with E-state index in [1.165, 1.54) is 43.3 Å². The smallest absolute Gasteiger partial charge is 0.478 e. The quantitative estimate of drug-likeness (QED) is 0.355. The number of hydrogen-bond acceptors (Lipinski definition) is 7. The normalized spacial score (nSPS) is 11.8. The van der Waals surface area contributed by atoms with Gasteiger partial charge in [-0.1, -0.05) is 29.4 Å². The Kier molecular flexibility index (Phi) is 6.41. The van der Waals surface area contributed by atoms with E-state index in [1.54, 1.807) is 18.2 Å². The molecule has 0 unspecified atom stereocenters. The molecule has 0 bridgehead atoms. The van der Waals surface area contributed by atoms with Crippen LogP contribution in [0.4, 0.5) is 24.9 Å². The first-order valence-electron chi connectivity index (χ1n) is 10.1. The third-order valence-corrected chi connectivity index (χ3v) is 6.59. The van der Waals surface area contributed by atoms with Gasteiger partial charge in [0.15, 0.2) is 0 Å². The zero-order valence-electron chi connectivity index (χ0n) is 18.3. The van der Waals surface area contributed by atoms with Gasteiger partial charge in [-0.05, 0) is 61.0 Å². The number of benzene rings is 3. The van der Waals surface area contributed by atoms with Gasteiger partial charge >= 0.3 is 18.3 Å². The number of alkyl halides is 3. The molecule has 0 saturated carbocycles. The van der Waals surface area contributed by atoms with Crippen molar-refractivity contribution in [3.8, 4) is 17.2 Å². The van der Waals surface area contributed by atoms with Crippen molar-refractivity contribution >= 4 is 27.7 Å². The molecular formula is C23H16F3N3O6S. The molecule has 0 saturated heterocycles. The van der Waals surface area contributed by atoms with Crippen molar-refractivity contribution in [3.05, 3.63) is 83.9 Å². The van der Waals surface area contributed by atoms with Gasteiger partial charge in [-0.2, -0.15) is 4.31 Å². The first kappa shape index (κ1) is 24.7. The van der Waals surface area contributed by atoms with E-state index in [-0.39, 0.29) is 27.6 Å². The Bertz CT molecular complexity index is 1500. The molecule has 0 aliphatic heterocycles. The molecule has 0 aliphatic carbocycles. The summed E-state index contributed by atoms with van der Waals surface area (Å²) in [6, 6.07) is 15.5. The lowest BCUT2D eigenvalue weighted by Crippen LogP contribution is -2.27. The van der Waals surface area contributed by atoms with E-state index in [1.807, 2.05) is 0 Å². The number of aromatic nitrogens is 2. The van der Waals surface area contributed by atoms with Crippen LogP contribution in [-0.2, 0) is 10.0 Å². The number of aromatic carboxylic acids is 1. The third kappa shape index (κ3) is 5.15. The van der Waals surface area contributed by atoms with Crippen LogP contribution in [-0.4, -0.2) is 36.1 Å². The minimum absolute atomic E-state index is 0.124. The van der Waals surface area contributed by atoms with Crippen molar-refractivity contribution in [2.75, 3.05) is 4.31 Å². The molecular weight excluding hydrogens is 503 g/mol. The molecule has 0 aliphatic rings. The highest BCUT2D eigenvalue weighted by Crippen LogP contribution is 2.34. The number of nitrogens with zero attached hydrogens (tertiary/aromatic N) is 3. The lowest BCUT2D eigenvalue weighted by atomic mass is 10.1. The number of sulfonamides is 1. The highest BCUT2D eigenvalue weighted by molar-refractivity contribution is 7.93. The van der Waals surface area contributed by atoms with Crippen molar-refractivity contribution < 1.29 is 40.6 Å². The van der Waals surface area contributed by atoms with E-state index in [2.05, 4.69) is 14.9 Å². The van der Waals surface area contributed by atoms with Crippen molar-refractivity contribution in [1.29, 1.82) is 0 Å². The molecule has 9 nitrogen and oxygen atoms in total. The summed E-state index contributed by atoms with van der Waals surface area (Å²) in [5, 5.41) is 17.1. The van der Waals surface area contributed by atoms with Crippen LogP contribution in [0.3, 0.4) is 0 Å². The van der Waals surface area contributed by atoms with Crippen molar-refractivity contribution in [1.82, 2.24) is 10.2 Å². The molecule has 0 spiro atoms. The highest BCUT2D eigenvalue weighted by atomic mass is 32.2. The minimum Gasteiger partial charge on any atom is -0.478 e. The number of para-hydroxylation sites is 1. The van der Waals surface area contributed by atoms with Crippen LogP contribution in [0.1, 0.15) is 15.9 Å². The van der Waals surface area contributed by atoms with Crippen LogP contribution in [0.2, 0.25) is 0 Å². The number of aryl methyl sites for hydroxylation is 1. The lowest BCUT2D eigenvalue weighted by Gasteiger charge is -2.20. The fourth-order valence-electron chi connectivity index (χ4n) is 3.23. The number of anilines is 2. The van der Waals surface area contributed by atoms with Crippen molar-refractivity contribution in [3.63, 3.8) is 0 Å². The molecule has 4 aromatic rings. The van der Waals surface area contributed by atoms with Gasteiger partial charge < -0.3 is 14.3 Å². The molecule has 0 amide bonds.